The van der Waals surface area contributed by atoms with Gasteiger partial charge in [0.15, 0.2) is 0 Å². The van der Waals surface area contributed by atoms with Crippen molar-refractivity contribution in [1.82, 2.24) is 5.32 Å². The molecular weight excluding hydrogens is 404 g/mol. The van der Waals surface area contributed by atoms with E-state index in [0.717, 1.165) is 4.47 Å². The van der Waals surface area contributed by atoms with E-state index in [-0.39, 0.29) is 17.7 Å². The van der Waals surface area contributed by atoms with E-state index in [9.17, 15) is 9.59 Å². The lowest BCUT2D eigenvalue weighted by molar-refractivity contribution is -0.118. The molecule has 4 nitrogen and oxygen atoms in total. The van der Waals surface area contributed by atoms with E-state index in [0.29, 0.717) is 22.7 Å². The van der Waals surface area contributed by atoms with Crippen LogP contribution in [0.2, 0.25) is 5.02 Å². The Labute approximate surface area is 161 Å². The third-order valence-electron chi connectivity index (χ3n) is 3.55. The molecule has 0 aromatic heterocycles. The summed E-state index contributed by atoms with van der Waals surface area (Å²) in [4.78, 5) is 25.0. The van der Waals surface area contributed by atoms with Crippen LogP contribution in [0.3, 0.4) is 0 Å². The van der Waals surface area contributed by atoms with Crippen molar-refractivity contribution >= 4 is 45.0 Å². The van der Waals surface area contributed by atoms with Gasteiger partial charge in [-0.25, -0.2) is 0 Å². The minimum Gasteiger partial charge on any atom is -0.340 e. The lowest BCUT2D eigenvalue weighted by Crippen LogP contribution is -2.44. The van der Waals surface area contributed by atoms with Gasteiger partial charge in [0.1, 0.15) is 6.04 Å². The van der Waals surface area contributed by atoms with E-state index in [4.69, 9.17) is 11.6 Å². The molecule has 0 radical (unpaired) electrons. The molecule has 2 N–H and O–H groups in total. The summed E-state index contributed by atoms with van der Waals surface area (Å²) in [6, 6.07) is 13.2. The van der Waals surface area contributed by atoms with Crippen molar-refractivity contribution in [3.05, 3.63) is 63.6 Å². The van der Waals surface area contributed by atoms with Gasteiger partial charge in [-0.3, -0.25) is 9.59 Å². The molecule has 0 heterocycles. The number of amides is 2. The molecule has 1 unspecified atom stereocenters. The number of hydrogen-bond acceptors (Lipinski definition) is 2. The van der Waals surface area contributed by atoms with Gasteiger partial charge in [-0.05, 0) is 60.9 Å². The Hall–Kier alpha value is -1.85. The van der Waals surface area contributed by atoms with Crippen LogP contribution >= 0.6 is 27.5 Å². The largest absolute Gasteiger partial charge is 0.340 e. The number of benzene rings is 2. The fourth-order valence-electron chi connectivity index (χ4n) is 2.31. The van der Waals surface area contributed by atoms with Crippen LogP contribution in [0.1, 0.15) is 30.6 Å². The van der Waals surface area contributed by atoms with Crippen LogP contribution in [0, 0.1) is 5.92 Å². The van der Waals surface area contributed by atoms with Gasteiger partial charge in [-0.15, -0.1) is 0 Å². The van der Waals surface area contributed by atoms with Crippen molar-refractivity contribution in [2.24, 2.45) is 5.92 Å². The maximum absolute atomic E-state index is 12.6. The molecule has 0 saturated heterocycles. The molecule has 2 amide bonds. The second-order valence-corrected chi connectivity index (χ2v) is 7.51. The van der Waals surface area contributed by atoms with E-state index in [1.807, 2.05) is 26.0 Å². The summed E-state index contributed by atoms with van der Waals surface area (Å²) in [6.07, 6.45) is 0.543. The molecule has 0 bridgehead atoms. The summed E-state index contributed by atoms with van der Waals surface area (Å²) in [6.45, 7) is 4.02. The highest BCUT2D eigenvalue weighted by molar-refractivity contribution is 9.10. The highest BCUT2D eigenvalue weighted by Crippen LogP contribution is 2.16. The highest BCUT2D eigenvalue weighted by Gasteiger charge is 2.22. The number of nitrogens with one attached hydrogen (secondary N) is 2. The van der Waals surface area contributed by atoms with E-state index >= 15 is 0 Å². The molecule has 0 saturated carbocycles. The van der Waals surface area contributed by atoms with Crippen LogP contribution in [0.25, 0.3) is 0 Å². The van der Waals surface area contributed by atoms with Crippen molar-refractivity contribution in [2.45, 2.75) is 26.3 Å². The predicted molar refractivity (Wildman–Crippen MR) is 105 cm³/mol. The second kappa shape index (κ2) is 9.02. The SMILES string of the molecule is CC(C)CC(NC(=O)c1ccc(Cl)cc1)C(=O)Nc1ccc(Br)cc1. The third kappa shape index (κ3) is 6.18. The highest BCUT2D eigenvalue weighted by atomic mass is 79.9. The van der Waals surface area contributed by atoms with Gasteiger partial charge in [0, 0.05) is 20.7 Å². The van der Waals surface area contributed by atoms with E-state index in [1.165, 1.54) is 0 Å². The molecule has 2 aromatic rings. The third-order valence-corrected chi connectivity index (χ3v) is 4.33. The van der Waals surface area contributed by atoms with Crippen molar-refractivity contribution in [1.29, 1.82) is 0 Å². The zero-order valence-electron chi connectivity index (χ0n) is 14.1. The maximum Gasteiger partial charge on any atom is 0.251 e. The molecular formula is C19H20BrClN2O2. The Morgan fingerprint density at radius 3 is 2.20 bits per heavy atom. The average molecular weight is 424 g/mol. The zero-order valence-corrected chi connectivity index (χ0v) is 16.4. The summed E-state index contributed by atoms with van der Waals surface area (Å²) in [5.41, 5.74) is 1.15. The number of carbonyl (C=O) groups is 2. The van der Waals surface area contributed by atoms with Gasteiger partial charge in [0.25, 0.3) is 5.91 Å². The second-order valence-electron chi connectivity index (χ2n) is 6.16. The summed E-state index contributed by atoms with van der Waals surface area (Å²) < 4.78 is 0.931. The molecule has 25 heavy (non-hydrogen) atoms. The summed E-state index contributed by atoms with van der Waals surface area (Å²) in [5.74, 6) is -0.280. The van der Waals surface area contributed by atoms with Crippen molar-refractivity contribution in [3.8, 4) is 0 Å². The predicted octanol–water partition coefficient (Wildman–Crippen LogP) is 4.89. The number of carbonyl (C=O) groups excluding carboxylic acids is 2. The minimum absolute atomic E-state index is 0.238. The molecule has 0 aliphatic carbocycles. The van der Waals surface area contributed by atoms with Crippen LogP contribution in [0.5, 0.6) is 0 Å². The molecule has 0 fully saturated rings. The van der Waals surface area contributed by atoms with Crippen molar-refractivity contribution in [2.75, 3.05) is 5.32 Å². The molecule has 0 aliphatic heterocycles. The molecule has 132 valence electrons. The molecule has 6 heteroatoms. The zero-order chi connectivity index (χ0) is 18.4. The lowest BCUT2D eigenvalue weighted by atomic mass is 10.0. The number of anilines is 1. The van der Waals surface area contributed by atoms with Crippen LogP contribution in [0.15, 0.2) is 53.0 Å². The van der Waals surface area contributed by atoms with Gasteiger partial charge in [0.05, 0.1) is 0 Å². The topological polar surface area (TPSA) is 58.2 Å². The van der Waals surface area contributed by atoms with Crippen molar-refractivity contribution < 1.29 is 9.59 Å². The first-order chi connectivity index (χ1) is 11.8. The Morgan fingerprint density at radius 2 is 1.64 bits per heavy atom. The molecule has 0 aliphatic rings. The van der Waals surface area contributed by atoms with Gasteiger partial charge in [-0.1, -0.05) is 41.4 Å². The van der Waals surface area contributed by atoms with Crippen LogP contribution in [-0.4, -0.2) is 17.9 Å². The van der Waals surface area contributed by atoms with E-state index < -0.39 is 6.04 Å². The monoisotopic (exact) mass is 422 g/mol. The van der Waals surface area contributed by atoms with Crippen LogP contribution in [0.4, 0.5) is 5.69 Å². The Morgan fingerprint density at radius 1 is 1.04 bits per heavy atom. The molecule has 2 rings (SSSR count). The summed E-state index contributed by atoms with van der Waals surface area (Å²) >= 11 is 9.20. The van der Waals surface area contributed by atoms with Crippen LogP contribution < -0.4 is 10.6 Å². The van der Waals surface area contributed by atoms with Crippen molar-refractivity contribution in [3.63, 3.8) is 0 Å². The quantitative estimate of drug-likeness (QED) is 0.695. The lowest BCUT2D eigenvalue weighted by Gasteiger charge is -2.20. The maximum atomic E-state index is 12.6. The average Bonchev–Trinajstić information content (AvgIpc) is 2.56. The van der Waals surface area contributed by atoms with Crippen LogP contribution in [-0.2, 0) is 4.79 Å². The van der Waals surface area contributed by atoms with Gasteiger partial charge >= 0.3 is 0 Å². The molecule has 0 spiro atoms. The number of hydrogen-bond donors (Lipinski definition) is 2. The molecule has 1 atom stereocenters. The Balaban J connectivity index is 2.08. The first-order valence-corrected chi connectivity index (χ1v) is 9.15. The Kier molecular flexibility index (Phi) is 7.02. The normalized spacial score (nSPS) is 11.9. The number of halogens is 2. The first kappa shape index (κ1) is 19.5. The fraction of sp³-hybridized carbons (Fsp3) is 0.263. The summed E-state index contributed by atoms with van der Waals surface area (Å²) in [7, 11) is 0. The number of rotatable bonds is 6. The van der Waals surface area contributed by atoms with E-state index in [2.05, 4.69) is 26.6 Å². The summed E-state index contributed by atoms with van der Waals surface area (Å²) in [5, 5.41) is 6.22. The van der Waals surface area contributed by atoms with E-state index in [1.54, 1.807) is 36.4 Å². The van der Waals surface area contributed by atoms with Gasteiger partial charge < -0.3 is 10.6 Å². The first-order valence-electron chi connectivity index (χ1n) is 7.98. The van der Waals surface area contributed by atoms with Gasteiger partial charge in [0.2, 0.25) is 5.91 Å². The smallest absolute Gasteiger partial charge is 0.251 e. The standard InChI is InChI=1S/C19H20BrClN2O2/c1-12(2)11-17(19(25)22-16-9-5-14(20)6-10-16)23-18(24)13-3-7-15(21)8-4-13/h3-10,12,17H,11H2,1-2H3,(H,22,25)(H,23,24). The van der Waals surface area contributed by atoms with Gasteiger partial charge in [-0.2, -0.15) is 0 Å². The molecule has 2 aromatic carbocycles. The minimum atomic E-state index is -0.619. The Bertz CT molecular complexity index is 730. The fourth-order valence-corrected chi connectivity index (χ4v) is 2.70.